The van der Waals surface area contributed by atoms with Crippen molar-refractivity contribution in [2.45, 2.75) is 25.4 Å². The quantitative estimate of drug-likeness (QED) is 0.449. The summed E-state index contributed by atoms with van der Waals surface area (Å²) < 4.78 is 2.04. The molecule has 6 nitrogen and oxygen atoms in total. The van der Waals surface area contributed by atoms with Crippen molar-refractivity contribution < 1.29 is 4.79 Å². The van der Waals surface area contributed by atoms with Crippen LogP contribution in [0.5, 0.6) is 0 Å². The van der Waals surface area contributed by atoms with Gasteiger partial charge in [0, 0.05) is 29.2 Å². The molecule has 0 unspecified atom stereocenters. The summed E-state index contributed by atoms with van der Waals surface area (Å²) in [6, 6.07) is 16.3. The number of nitrogens with zero attached hydrogens (tertiary/aromatic N) is 3. The Morgan fingerprint density at radius 2 is 1.93 bits per heavy atom. The van der Waals surface area contributed by atoms with E-state index in [1.54, 1.807) is 0 Å². The second-order valence-electron chi connectivity index (χ2n) is 6.81. The van der Waals surface area contributed by atoms with Crippen LogP contribution >= 0.6 is 11.8 Å². The molecule has 0 saturated heterocycles. The van der Waals surface area contributed by atoms with Crippen molar-refractivity contribution in [2.24, 2.45) is 0 Å². The van der Waals surface area contributed by atoms with Crippen LogP contribution in [0.3, 0.4) is 0 Å². The van der Waals surface area contributed by atoms with Gasteiger partial charge in [-0.15, -0.1) is 10.2 Å². The van der Waals surface area contributed by atoms with Crippen molar-refractivity contribution >= 4 is 28.6 Å². The van der Waals surface area contributed by atoms with E-state index in [-0.39, 0.29) is 5.91 Å². The number of hydrogen-bond donors (Lipinski definition) is 2. The molecule has 0 fully saturated rings. The van der Waals surface area contributed by atoms with E-state index in [1.165, 1.54) is 11.8 Å². The van der Waals surface area contributed by atoms with Crippen molar-refractivity contribution in [3.63, 3.8) is 0 Å². The maximum absolute atomic E-state index is 12.1. The van der Waals surface area contributed by atoms with Crippen molar-refractivity contribution in [2.75, 3.05) is 12.3 Å². The number of H-pyrrole nitrogens is 1. The number of rotatable bonds is 7. The number of nitrogens with one attached hydrogen (secondary N) is 2. The first kappa shape index (κ1) is 19.3. The zero-order chi connectivity index (χ0) is 20.2. The lowest BCUT2D eigenvalue weighted by atomic mass is 10.1. The highest BCUT2D eigenvalue weighted by Crippen LogP contribution is 2.33. The Labute approximate surface area is 173 Å². The minimum atomic E-state index is 0.00447. The third-order valence-corrected chi connectivity index (χ3v) is 5.65. The van der Waals surface area contributed by atoms with Crippen LogP contribution in [0.25, 0.3) is 28.0 Å². The molecule has 0 aliphatic rings. The zero-order valence-corrected chi connectivity index (χ0v) is 17.3. The van der Waals surface area contributed by atoms with Gasteiger partial charge in [0.25, 0.3) is 0 Å². The lowest BCUT2D eigenvalue weighted by molar-refractivity contribution is -0.118. The summed E-state index contributed by atoms with van der Waals surface area (Å²) in [4.78, 5) is 15.4. The number of carbonyl (C=O) groups excluding carboxylic acids is 1. The van der Waals surface area contributed by atoms with Crippen LogP contribution < -0.4 is 5.32 Å². The molecule has 1 amide bonds. The lowest BCUT2D eigenvalue weighted by Gasteiger charge is -2.12. The topological polar surface area (TPSA) is 75.6 Å². The number of thioether (sulfide) groups is 1. The predicted molar refractivity (Wildman–Crippen MR) is 117 cm³/mol. The molecular weight excluding hydrogens is 382 g/mol. The molecule has 2 aromatic carbocycles. The highest BCUT2D eigenvalue weighted by molar-refractivity contribution is 7.99. The van der Waals surface area contributed by atoms with Gasteiger partial charge in [-0.05, 0) is 31.0 Å². The first-order chi connectivity index (χ1) is 14.2. The van der Waals surface area contributed by atoms with Crippen LogP contribution in [-0.4, -0.2) is 38.0 Å². The van der Waals surface area contributed by atoms with Crippen molar-refractivity contribution in [1.82, 2.24) is 25.1 Å². The summed E-state index contributed by atoms with van der Waals surface area (Å²) in [5, 5.41) is 13.6. The first-order valence-electron chi connectivity index (χ1n) is 9.66. The van der Waals surface area contributed by atoms with Gasteiger partial charge in [0.1, 0.15) is 0 Å². The van der Waals surface area contributed by atoms with E-state index < -0.39 is 0 Å². The van der Waals surface area contributed by atoms with Crippen LogP contribution in [0.2, 0.25) is 0 Å². The number of amides is 1. The average Bonchev–Trinajstić information content (AvgIpc) is 3.35. The Morgan fingerprint density at radius 1 is 1.14 bits per heavy atom. The summed E-state index contributed by atoms with van der Waals surface area (Å²) in [7, 11) is 0. The number of para-hydroxylation sites is 2. The number of hydrogen-bond acceptors (Lipinski definition) is 4. The molecule has 4 rings (SSSR count). The van der Waals surface area contributed by atoms with E-state index in [2.05, 4.69) is 45.6 Å². The fourth-order valence-corrected chi connectivity index (χ4v) is 4.05. The van der Waals surface area contributed by atoms with Crippen molar-refractivity contribution in [1.29, 1.82) is 0 Å². The molecule has 0 spiro atoms. The fourth-order valence-electron chi connectivity index (χ4n) is 3.27. The minimum absolute atomic E-state index is 0.00447. The Bertz CT molecular complexity index is 1150. The van der Waals surface area contributed by atoms with Crippen molar-refractivity contribution in [3.05, 3.63) is 60.3 Å². The van der Waals surface area contributed by atoms with Crippen LogP contribution in [0.15, 0.2) is 59.9 Å². The molecule has 0 radical (unpaired) electrons. The van der Waals surface area contributed by atoms with Gasteiger partial charge < -0.3 is 10.3 Å². The maximum atomic E-state index is 12.1. The molecule has 0 aliphatic heterocycles. The largest absolute Gasteiger partial charge is 0.360 e. The molecule has 0 bridgehead atoms. The third kappa shape index (κ3) is 3.91. The Hall–Kier alpha value is -3.06. The second kappa shape index (κ2) is 8.53. The Kier molecular flexibility index (Phi) is 5.67. The minimum Gasteiger partial charge on any atom is -0.360 e. The van der Waals surface area contributed by atoms with E-state index in [9.17, 15) is 4.79 Å². The smallest absolute Gasteiger partial charge is 0.230 e. The molecule has 0 aliphatic carbocycles. The van der Waals surface area contributed by atoms with Gasteiger partial charge >= 0.3 is 0 Å². The van der Waals surface area contributed by atoms with E-state index in [0.29, 0.717) is 17.5 Å². The first-order valence-corrected chi connectivity index (χ1v) is 10.6. The predicted octanol–water partition coefficient (Wildman–Crippen LogP) is 4.34. The molecule has 148 valence electrons. The number of aromatic amines is 1. The van der Waals surface area contributed by atoms with E-state index in [1.807, 2.05) is 48.0 Å². The molecule has 7 heteroatoms. The summed E-state index contributed by atoms with van der Waals surface area (Å²) in [5.41, 5.74) is 4.16. The number of carbonyl (C=O) groups is 1. The summed E-state index contributed by atoms with van der Waals surface area (Å²) in [5.74, 6) is 1.07. The molecular formula is C22H23N5OS. The molecule has 0 saturated carbocycles. The van der Waals surface area contributed by atoms with E-state index >= 15 is 0 Å². The highest BCUT2D eigenvalue weighted by Gasteiger charge is 2.20. The SMILES string of the molecule is CCCNC(=O)CSc1nnc(-c2c[nH]c3ccccc23)n1-c1ccccc1C. The van der Waals surface area contributed by atoms with Crippen molar-refractivity contribution in [3.8, 4) is 17.1 Å². The average molecular weight is 406 g/mol. The summed E-state index contributed by atoms with van der Waals surface area (Å²) >= 11 is 1.40. The standard InChI is InChI=1S/C22H23N5OS/c1-3-12-23-20(28)14-29-22-26-25-21(27(22)19-11-7-4-8-15(19)2)17-13-24-18-10-6-5-9-16(17)18/h4-11,13,24H,3,12,14H2,1-2H3,(H,23,28). The van der Waals surface area contributed by atoms with Gasteiger partial charge in [-0.3, -0.25) is 9.36 Å². The van der Waals surface area contributed by atoms with Gasteiger partial charge in [-0.2, -0.15) is 0 Å². The number of aromatic nitrogens is 4. The molecule has 2 heterocycles. The van der Waals surface area contributed by atoms with Gasteiger partial charge in [0.2, 0.25) is 5.91 Å². The van der Waals surface area contributed by atoms with Gasteiger partial charge in [-0.1, -0.05) is 55.1 Å². The number of aryl methyl sites for hydroxylation is 1. The number of fused-ring (bicyclic) bond motifs is 1. The maximum Gasteiger partial charge on any atom is 0.230 e. The molecule has 2 N–H and O–H groups in total. The van der Waals surface area contributed by atoms with Gasteiger partial charge in [0.15, 0.2) is 11.0 Å². The van der Waals surface area contributed by atoms with Crippen LogP contribution in [-0.2, 0) is 4.79 Å². The monoisotopic (exact) mass is 405 g/mol. The molecule has 4 aromatic rings. The molecule has 29 heavy (non-hydrogen) atoms. The fraction of sp³-hybridized carbons (Fsp3) is 0.227. The molecule has 0 atom stereocenters. The van der Waals surface area contributed by atoms with Gasteiger partial charge in [-0.25, -0.2) is 0 Å². The van der Waals surface area contributed by atoms with E-state index in [0.717, 1.165) is 40.0 Å². The highest BCUT2D eigenvalue weighted by atomic mass is 32.2. The van der Waals surface area contributed by atoms with Crippen LogP contribution in [0, 0.1) is 6.92 Å². The van der Waals surface area contributed by atoms with E-state index in [4.69, 9.17) is 0 Å². The summed E-state index contributed by atoms with van der Waals surface area (Å²) in [6.45, 7) is 4.79. The molecule has 2 aromatic heterocycles. The third-order valence-electron chi connectivity index (χ3n) is 4.72. The van der Waals surface area contributed by atoms with Gasteiger partial charge in [0.05, 0.1) is 11.4 Å². The zero-order valence-electron chi connectivity index (χ0n) is 16.5. The lowest BCUT2D eigenvalue weighted by Crippen LogP contribution is -2.25. The number of benzene rings is 2. The van der Waals surface area contributed by atoms with Crippen LogP contribution in [0.4, 0.5) is 0 Å². The summed E-state index contributed by atoms with van der Waals surface area (Å²) in [6.07, 6.45) is 2.88. The normalized spacial score (nSPS) is 11.1. The second-order valence-corrected chi connectivity index (χ2v) is 7.76. The Morgan fingerprint density at radius 3 is 2.76 bits per heavy atom. The van der Waals surface area contributed by atoms with Crippen LogP contribution in [0.1, 0.15) is 18.9 Å². The Balaban J connectivity index is 1.77.